The fraction of sp³-hybridized carbons (Fsp3) is 0.625. The Balaban J connectivity index is 2.20. The Hall–Kier alpha value is -1.02. The maximum Gasteiger partial charge on any atom is 0.127 e. The fourth-order valence-electron chi connectivity index (χ4n) is 2.76. The average molecular weight is 247 g/mol. The van der Waals surface area contributed by atoms with Gasteiger partial charge in [-0.25, -0.2) is 0 Å². The van der Waals surface area contributed by atoms with E-state index < -0.39 is 0 Å². The van der Waals surface area contributed by atoms with E-state index >= 15 is 0 Å². The van der Waals surface area contributed by atoms with Crippen LogP contribution in [-0.4, -0.2) is 6.54 Å². The van der Waals surface area contributed by atoms with Crippen molar-refractivity contribution < 1.29 is 4.42 Å². The van der Waals surface area contributed by atoms with E-state index in [2.05, 4.69) is 31.3 Å². The first-order valence-electron chi connectivity index (χ1n) is 7.29. The van der Waals surface area contributed by atoms with Crippen LogP contribution in [0.1, 0.15) is 62.8 Å². The molecule has 1 aliphatic carbocycles. The molecule has 1 aromatic heterocycles. The maximum absolute atomic E-state index is 5.70. The third-order valence-electron chi connectivity index (χ3n) is 3.77. The van der Waals surface area contributed by atoms with Gasteiger partial charge in [-0.05, 0) is 56.4 Å². The summed E-state index contributed by atoms with van der Waals surface area (Å²) < 4.78 is 5.70. The topological polar surface area (TPSA) is 25.2 Å². The zero-order chi connectivity index (χ0) is 12.8. The second-order valence-corrected chi connectivity index (χ2v) is 5.19. The van der Waals surface area contributed by atoms with E-state index in [1.807, 2.05) is 0 Å². The van der Waals surface area contributed by atoms with E-state index in [4.69, 9.17) is 4.42 Å². The Morgan fingerprint density at radius 3 is 2.83 bits per heavy atom. The molecule has 1 heterocycles. The van der Waals surface area contributed by atoms with Crippen molar-refractivity contribution >= 4 is 0 Å². The van der Waals surface area contributed by atoms with Crippen LogP contribution >= 0.6 is 0 Å². The lowest BCUT2D eigenvalue weighted by atomic mass is 9.92. The molecule has 0 radical (unpaired) electrons. The third kappa shape index (κ3) is 3.26. The molecule has 0 saturated carbocycles. The molecule has 100 valence electrons. The molecule has 0 spiro atoms. The highest BCUT2D eigenvalue weighted by Gasteiger charge is 2.20. The van der Waals surface area contributed by atoms with Gasteiger partial charge >= 0.3 is 0 Å². The quantitative estimate of drug-likeness (QED) is 0.791. The number of rotatable bonds is 4. The van der Waals surface area contributed by atoms with Crippen molar-refractivity contribution in [1.82, 2.24) is 5.32 Å². The first-order valence-corrected chi connectivity index (χ1v) is 7.29. The van der Waals surface area contributed by atoms with E-state index in [9.17, 15) is 0 Å². The van der Waals surface area contributed by atoms with E-state index in [0.717, 1.165) is 12.3 Å². The second-order valence-electron chi connectivity index (χ2n) is 5.19. The molecular weight excluding hydrogens is 222 g/mol. The van der Waals surface area contributed by atoms with Gasteiger partial charge in [0.1, 0.15) is 5.76 Å². The van der Waals surface area contributed by atoms with Crippen molar-refractivity contribution in [3.8, 4) is 0 Å². The summed E-state index contributed by atoms with van der Waals surface area (Å²) in [5, 5.41) is 3.58. The molecule has 2 nitrogen and oxygen atoms in total. The highest BCUT2D eigenvalue weighted by atomic mass is 16.3. The number of hydrogen-bond donors (Lipinski definition) is 1. The van der Waals surface area contributed by atoms with Crippen LogP contribution < -0.4 is 5.32 Å². The molecule has 18 heavy (non-hydrogen) atoms. The second kappa shape index (κ2) is 6.79. The zero-order valence-corrected chi connectivity index (χ0v) is 11.7. The van der Waals surface area contributed by atoms with Gasteiger partial charge in [-0.3, -0.25) is 0 Å². The van der Waals surface area contributed by atoms with Gasteiger partial charge in [0.2, 0.25) is 0 Å². The number of aryl methyl sites for hydroxylation is 1. The molecule has 1 aliphatic rings. The Morgan fingerprint density at radius 1 is 1.28 bits per heavy atom. The normalized spacial score (nSPS) is 21.8. The highest BCUT2D eigenvalue weighted by molar-refractivity contribution is 5.27. The van der Waals surface area contributed by atoms with Crippen LogP contribution in [0.5, 0.6) is 0 Å². The maximum atomic E-state index is 5.70. The van der Waals surface area contributed by atoms with Gasteiger partial charge in [0.15, 0.2) is 0 Å². The lowest BCUT2D eigenvalue weighted by molar-refractivity contribution is 0.434. The van der Waals surface area contributed by atoms with Crippen LogP contribution in [-0.2, 0) is 0 Å². The van der Waals surface area contributed by atoms with Gasteiger partial charge in [-0.2, -0.15) is 0 Å². The van der Waals surface area contributed by atoms with Crippen LogP contribution in [0.2, 0.25) is 0 Å². The van der Waals surface area contributed by atoms with Gasteiger partial charge < -0.3 is 9.73 Å². The van der Waals surface area contributed by atoms with E-state index in [-0.39, 0.29) is 6.04 Å². The van der Waals surface area contributed by atoms with Gasteiger partial charge in [0.25, 0.3) is 0 Å². The number of furan rings is 1. The minimum atomic E-state index is 0.281. The van der Waals surface area contributed by atoms with Crippen molar-refractivity contribution in [3.05, 3.63) is 35.3 Å². The summed E-state index contributed by atoms with van der Waals surface area (Å²) >= 11 is 0. The molecular formula is C16H25NO. The van der Waals surface area contributed by atoms with Crippen molar-refractivity contribution in [3.63, 3.8) is 0 Å². The molecule has 1 unspecified atom stereocenters. The minimum absolute atomic E-state index is 0.281. The van der Waals surface area contributed by atoms with E-state index in [1.165, 1.54) is 49.7 Å². The van der Waals surface area contributed by atoms with Crippen molar-refractivity contribution in [2.45, 2.75) is 58.4 Å². The van der Waals surface area contributed by atoms with Crippen LogP contribution in [0.3, 0.4) is 0 Å². The lowest BCUT2D eigenvalue weighted by Crippen LogP contribution is -2.23. The van der Waals surface area contributed by atoms with Gasteiger partial charge in [0.05, 0.1) is 12.3 Å². The van der Waals surface area contributed by atoms with Crippen molar-refractivity contribution in [2.75, 3.05) is 6.54 Å². The molecule has 0 saturated heterocycles. The molecule has 0 fully saturated rings. The first kappa shape index (κ1) is 13.4. The number of hydrogen-bond acceptors (Lipinski definition) is 2. The van der Waals surface area contributed by atoms with E-state index in [0.29, 0.717) is 0 Å². The summed E-state index contributed by atoms with van der Waals surface area (Å²) in [7, 11) is 0. The first-order chi connectivity index (χ1) is 8.83. The predicted molar refractivity (Wildman–Crippen MR) is 75.6 cm³/mol. The van der Waals surface area contributed by atoms with Crippen molar-refractivity contribution in [1.29, 1.82) is 0 Å². The summed E-state index contributed by atoms with van der Waals surface area (Å²) in [6, 6.07) is 2.34. The molecule has 1 aromatic rings. The third-order valence-corrected chi connectivity index (χ3v) is 3.77. The summed E-state index contributed by atoms with van der Waals surface area (Å²) in [6.45, 7) is 5.27. The average Bonchev–Trinajstić information content (AvgIpc) is 2.73. The molecule has 0 bridgehead atoms. The Kier molecular flexibility index (Phi) is 5.06. The lowest BCUT2D eigenvalue weighted by Gasteiger charge is -2.22. The zero-order valence-electron chi connectivity index (χ0n) is 11.7. The van der Waals surface area contributed by atoms with Gasteiger partial charge in [-0.1, -0.05) is 25.8 Å². The summed E-state index contributed by atoms with van der Waals surface area (Å²) in [5.41, 5.74) is 2.78. The molecule has 1 N–H and O–H groups in total. The molecule has 0 aromatic carbocycles. The smallest absolute Gasteiger partial charge is 0.127 e. The largest absolute Gasteiger partial charge is 0.467 e. The standard InChI is InChI=1S/C16H25NO/c1-3-17-15(16-13(2)11-12-18-16)14-9-7-5-4-6-8-10-14/h9,11-12,15,17H,3-8,10H2,1-2H3/b14-9+. The van der Waals surface area contributed by atoms with Gasteiger partial charge in [0, 0.05) is 0 Å². The fourth-order valence-corrected chi connectivity index (χ4v) is 2.76. The Bertz CT molecular complexity index is 392. The number of allylic oxidation sites excluding steroid dienone is 1. The molecule has 2 heteroatoms. The molecule has 0 amide bonds. The monoisotopic (exact) mass is 247 g/mol. The Morgan fingerprint density at radius 2 is 2.11 bits per heavy atom. The van der Waals surface area contributed by atoms with Crippen molar-refractivity contribution in [2.24, 2.45) is 0 Å². The molecule has 0 aliphatic heterocycles. The van der Waals surface area contributed by atoms with Crippen LogP contribution in [0.25, 0.3) is 0 Å². The summed E-state index contributed by atoms with van der Waals surface area (Å²) in [6.07, 6.45) is 12.1. The number of nitrogens with one attached hydrogen (secondary N) is 1. The number of likely N-dealkylation sites (N-methyl/N-ethyl adjacent to an activating group) is 1. The minimum Gasteiger partial charge on any atom is -0.467 e. The van der Waals surface area contributed by atoms with E-state index in [1.54, 1.807) is 6.26 Å². The SMILES string of the molecule is CCNC(/C1=C/CCCCCC1)c1occc1C. The van der Waals surface area contributed by atoms with Gasteiger partial charge in [-0.15, -0.1) is 0 Å². The summed E-state index contributed by atoms with van der Waals surface area (Å²) in [4.78, 5) is 0. The molecule has 1 atom stereocenters. The Labute approximate surface area is 110 Å². The van der Waals surface area contributed by atoms with Crippen LogP contribution in [0, 0.1) is 6.92 Å². The van der Waals surface area contributed by atoms with Crippen LogP contribution in [0.4, 0.5) is 0 Å². The predicted octanol–water partition coefficient (Wildman–Crippen LogP) is 4.52. The molecule has 2 rings (SSSR count). The highest BCUT2D eigenvalue weighted by Crippen LogP contribution is 2.30. The summed E-state index contributed by atoms with van der Waals surface area (Å²) in [5.74, 6) is 1.10. The van der Waals surface area contributed by atoms with Crippen LogP contribution in [0.15, 0.2) is 28.4 Å².